The van der Waals surface area contributed by atoms with Crippen LogP contribution in [0.4, 0.5) is 0 Å². The molecule has 2 aromatic rings. The van der Waals surface area contributed by atoms with Crippen LogP contribution in [0.3, 0.4) is 0 Å². The number of likely N-dealkylation sites (N-methyl/N-ethyl adjacent to an activating group) is 1. The van der Waals surface area contributed by atoms with Gasteiger partial charge in [0.05, 0.1) is 25.1 Å². The average Bonchev–Trinajstić information content (AvgIpc) is 3.37. The van der Waals surface area contributed by atoms with Crippen molar-refractivity contribution in [1.82, 2.24) is 15.2 Å². The minimum absolute atomic E-state index is 0.0559. The van der Waals surface area contributed by atoms with E-state index in [0.717, 1.165) is 11.3 Å². The Balaban J connectivity index is 1.77. The van der Waals surface area contributed by atoms with Crippen LogP contribution in [0.2, 0.25) is 5.02 Å². The van der Waals surface area contributed by atoms with E-state index in [1.54, 1.807) is 29.4 Å². The van der Waals surface area contributed by atoms with Gasteiger partial charge in [-0.1, -0.05) is 30.7 Å². The molecule has 1 aliphatic heterocycles. The molecule has 1 aromatic heterocycles. The first-order valence-electron chi connectivity index (χ1n) is 10.1. The van der Waals surface area contributed by atoms with E-state index >= 15 is 0 Å². The molecule has 8 heteroatoms. The lowest BCUT2D eigenvalue weighted by molar-refractivity contribution is -0.135. The molecule has 1 N–H and O–H groups in total. The van der Waals surface area contributed by atoms with Gasteiger partial charge in [-0.05, 0) is 50.2 Å². The first-order valence-corrected chi connectivity index (χ1v) is 10.5. The molecule has 0 saturated carbocycles. The molecule has 30 heavy (non-hydrogen) atoms. The van der Waals surface area contributed by atoms with E-state index in [1.165, 1.54) is 5.01 Å². The molecule has 1 atom stereocenters. The maximum Gasteiger partial charge on any atom is 0.257 e. The van der Waals surface area contributed by atoms with Crippen molar-refractivity contribution in [2.24, 2.45) is 5.10 Å². The van der Waals surface area contributed by atoms with Crippen LogP contribution < -0.4 is 5.32 Å². The molecule has 1 aliphatic rings. The molecule has 2 amide bonds. The summed E-state index contributed by atoms with van der Waals surface area (Å²) in [4.78, 5) is 27.0. The van der Waals surface area contributed by atoms with E-state index in [4.69, 9.17) is 16.0 Å². The number of nitrogens with one attached hydrogen (secondary N) is 1. The molecule has 2 heterocycles. The molecule has 0 fully saturated rings. The van der Waals surface area contributed by atoms with Gasteiger partial charge < -0.3 is 9.73 Å². The summed E-state index contributed by atoms with van der Waals surface area (Å²) >= 11 is 6.00. The molecular formula is C22H27ClN4O3. The summed E-state index contributed by atoms with van der Waals surface area (Å²) in [6, 6.07) is 10.8. The van der Waals surface area contributed by atoms with Crippen molar-refractivity contribution in [3.05, 3.63) is 59.0 Å². The summed E-state index contributed by atoms with van der Waals surface area (Å²) in [6.07, 6.45) is 2.13. The molecular weight excluding hydrogens is 404 g/mol. The van der Waals surface area contributed by atoms with E-state index in [0.29, 0.717) is 23.7 Å². The van der Waals surface area contributed by atoms with Gasteiger partial charge in [-0.3, -0.25) is 14.5 Å². The van der Waals surface area contributed by atoms with Gasteiger partial charge in [0.15, 0.2) is 0 Å². The average molecular weight is 431 g/mol. The van der Waals surface area contributed by atoms with Crippen molar-refractivity contribution in [3.63, 3.8) is 0 Å². The number of halogens is 1. The molecule has 0 radical (unpaired) electrons. The van der Waals surface area contributed by atoms with Crippen molar-refractivity contribution >= 4 is 29.1 Å². The standard InChI is InChI=1S/C22H27ClN4O3/c1-4-26(13-21(28)24-15(2)3)14-22(29)27-19(20-6-5-11-30-20)12-18(25-27)16-7-9-17(23)10-8-16/h5-11,15,19H,4,12-14H2,1-3H3,(H,24,28). The summed E-state index contributed by atoms with van der Waals surface area (Å²) in [6.45, 7) is 6.57. The predicted octanol–water partition coefficient (Wildman–Crippen LogP) is 3.46. The first-order chi connectivity index (χ1) is 14.4. The molecule has 7 nitrogen and oxygen atoms in total. The molecule has 1 aromatic carbocycles. The zero-order valence-electron chi connectivity index (χ0n) is 17.5. The van der Waals surface area contributed by atoms with Gasteiger partial charge in [0.2, 0.25) is 5.91 Å². The van der Waals surface area contributed by atoms with Crippen LogP contribution in [0.25, 0.3) is 0 Å². The maximum atomic E-state index is 13.1. The smallest absolute Gasteiger partial charge is 0.257 e. The Labute approximate surface area is 181 Å². The fraction of sp³-hybridized carbons (Fsp3) is 0.409. The summed E-state index contributed by atoms with van der Waals surface area (Å²) in [7, 11) is 0. The Bertz CT molecular complexity index is 894. The summed E-state index contributed by atoms with van der Waals surface area (Å²) in [5.74, 6) is 0.394. The van der Waals surface area contributed by atoms with Crippen LogP contribution >= 0.6 is 11.6 Å². The lowest BCUT2D eigenvalue weighted by Gasteiger charge is -2.25. The SMILES string of the molecule is CCN(CC(=O)NC(C)C)CC(=O)N1N=C(c2ccc(Cl)cc2)CC1c1ccco1. The summed E-state index contributed by atoms with van der Waals surface area (Å²) in [5.41, 5.74) is 1.71. The van der Waals surface area contributed by atoms with Crippen LogP contribution in [0.5, 0.6) is 0 Å². The second-order valence-electron chi connectivity index (χ2n) is 7.55. The molecule has 0 saturated heterocycles. The van der Waals surface area contributed by atoms with Crippen molar-refractivity contribution in [1.29, 1.82) is 0 Å². The van der Waals surface area contributed by atoms with Crippen LogP contribution in [-0.2, 0) is 9.59 Å². The highest BCUT2D eigenvalue weighted by Crippen LogP contribution is 2.33. The highest BCUT2D eigenvalue weighted by Gasteiger charge is 2.35. The van der Waals surface area contributed by atoms with Gasteiger partial charge in [0.25, 0.3) is 5.91 Å². The predicted molar refractivity (Wildman–Crippen MR) is 116 cm³/mol. The second kappa shape index (κ2) is 9.91. The first kappa shape index (κ1) is 22.1. The Kier molecular flexibility index (Phi) is 7.29. The van der Waals surface area contributed by atoms with E-state index in [2.05, 4.69) is 10.4 Å². The van der Waals surface area contributed by atoms with E-state index in [1.807, 2.05) is 39.0 Å². The number of nitrogens with zero attached hydrogens (tertiary/aromatic N) is 3. The lowest BCUT2D eigenvalue weighted by atomic mass is 10.0. The molecule has 0 spiro atoms. The Morgan fingerprint density at radius 2 is 2.00 bits per heavy atom. The topological polar surface area (TPSA) is 78.2 Å². The third-order valence-electron chi connectivity index (χ3n) is 4.84. The van der Waals surface area contributed by atoms with Crippen LogP contribution in [0, 0.1) is 0 Å². The number of benzene rings is 1. The van der Waals surface area contributed by atoms with Gasteiger partial charge in [-0.15, -0.1) is 0 Å². The summed E-state index contributed by atoms with van der Waals surface area (Å²) in [5, 5.41) is 9.59. The van der Waals surface area contributed by atoms with Gasteiger partial charge in [-0.2, -0.15) is 5.10 Å². The zero-order valence-corrected chi connectivity index (χ0v) is 18.2. The number of hydrogen-bond acceptors (Lipinski definition) is 5. The molecule has 0 aliphatic carbocycles. The third kappa shape index (κ3) is 5.49. The van der Waals surface area contributed by atoms with E-state index in [-0.39, 0.29) is 37.0 Å². The molecule has 1 unspecified atom stereocenters. The second-order valence-corrected chi connectivity index (χ2v) is 7.99. The van der Waals surface area contributed by atoms with E-state index in [9.17, 15) is 9.59 Å². The molecule has 160 valence electrons. The minimum atomic E-state index is -0.318. The van der Waals surface area contributed by atoms with Gasteiger partial charge in [0, 0.05) is 17.5 Å². The van der Waals surface area contributed by atoms with Crippen molar-refractivity contribution < 1.29 is 14.0 Å². The largest absolute Gasteiger partial charge is 0.467 e. The lowest BCUT2D eigenvalue weighted by Crippen LogP contribution is -2.44. The Morgan fingerprint density at radius 1 is 1.27 bits per heavy atom. The number of amides is 2. The minimum Gasteiger partial charge on any atom is -0.467 e. The number of furan rings is 1. The summed E-state index contributed by atoms with van der Waals surface area (Å²) < 4.78 is 5.57. The monoisotopic (exact) mass is 430 g/mol. The molecule has 3 rings (SSSR count). The number of rotatable bonds is 8. The highest BCUT2D eigenvalue weighted by atomic mass is 35.5. The highest BCUT2D eigenvalue weighted by molar-refractivity contribution is 6.30. The Morgan fingerprint density at radius 3 is 2.60 bits per heavy atom. The fourth-order valence-corrected chi connectivity index (χ4v) is 3.50. The quantitative estimate of drug-likeness (QED) is 0.695. The van der Waals surface area contributed by atoms with Crippen molar-refractivity contribution in [2.75, 3.05) is 19.6 Å². The van der Waals surface area contributed by atoms with Gasteiger partial charge in [-0.25, -0.2) is 5.01 Å². The normalized spacial score (nSPS) is 16.3. The molecule has 0 bridgehead atoms. The number of hydrogen-bond donors (Lipinski definition) is 1. The zero-order chi connectivity index (χ0) is 21.7. The van der Waals surface area contributed by atoms with Gasteiger partial charge in [0.1, 0.15) is 11.8 Å². The number of hydrazone groups is 1. The van der Waals surface area contributed by atoms with Gasteiger partial charge >= 0.3 is 0 Å². The third-order valence-corrected chi connectivity index (χ3v) is 5.09. The van der Waals surface area contributed by atoms with Crippen LogP contribution in [0.15, 0.2) is 52.2 Å². The maximum absolute atomic E-state index is 13.1. The van der Waals surface area contributed by atoms with Crippen molar-refractivity contribution in [3.8, 4) is 0 Å². The fourth-order valence-electron chi connectivity index (χ4n) is 3.37. The number of carbonyl (C=O) groups excluding carboxylic acids is 2. The number of carbonyl (C=O) groups is 2. The van der Waals surface area contributed by atoms with Crippen molar-refractivity contribution in [2.45, 2.75) is 39.3 Å². The van der Waals surface area contributed by atoms with Crippen LogP contribution in [0.1, 0.15) is 44.6 Å². The van der Waals surface area contributed by atoms with E-state index < -0.39 is 0 Å². The van der Waals surface area contributed by atoms with Crippen LogP contribution in [-0.4, -0.2) is 53.1 Å². The Hall–Kier alpha value is -2.64.